The standard InChI is InChI=1S/Co.Li.Ni.H2O.H/h;;;1H2;. The van der Waals surface area contributed by atoms with Crippen molar-refractivity contribution in [3.8, 4) is 0 Å². The summed E-state index contributed by atoms with van der Waals surface area (Å²) in [5.41, 5.74) is 0. The number of hydrogen-bond acceptors (Lipinski definition) is 0. The van der Waals surface area contributed by atoms with Crippen molar-refractivity contribution in [2.24, 2.45) is 0 Å². The second-order valence-corrected chi connectivity index (χ2v) is 0. The Labute approximate surface area is 57.5 Å². The fourth-order valence-electron chi connectivity index (χ4n) is 0. The molecule has 4 heavy (non-hydrogen) atoms. The maximum Gasteiger partial charge on any atom is 0 e. The van der Waals surface area contributed by atoms with Gasteiger partial charge in [-0.3, -0.25) is 0 Å². The predicted molar refractivity (Wildman–Crippen MR) is 10.8 cm³/mol. The molecule has 0 amide bonds. The Bertz CT molecular complexity index is 8.00. The minimum Gasteiger partial charge on any atom is 0 e. The zero-order valence-electron chi connectivity index (χ0n) is 1.15. The van der Waals surface area contributed by atoms with Crippen LogP contribution < -0.4 is 0 Å². The first-order valence-electron chi connectivity index (χ1n) is 0. The van der Waals surface area contributed by atoms with Crippen LogP contribution >= 0.6 is 0 Å². The van der Waals surface area contributed by atoms with E-state index in [1.165, 1.54) is 0 Å². The van der Waals surface area contributed by atoms with Gasteiger partial charge in [0.15, 0.2) is 0 Å². The van der Waals surface area contributed by atoms with Gasteiger partial charge in [0.25, 0.3) is 0 Å². The van der Waals surface area contributed by atoms with Crippen molar-refractivity contribution in [2.45, 2.75) is 0 Å². The molecule has 1 nitrogen and oxygen atoms in total. The van der Waals surface area contributed by atoms with Crippen LogP contribution in [0.5, 0.6) is 0 Å². The second kappa shape index (κ2) is 23.8. The number of hydrogen-bond donors (Lipinski definition) is 0. The molecule has 0 fully saturated rings. The zero-order valence-corrected chi connectivity index (χ0v) is 3.18. The van der Waals surface area contributed by atoms with Crippen molar-refractivity contribution in [1.82, 2.24) is 0 Å². The van der Waals surface area contributed by atoms with Gasteiger partial charge in [-0.15, -0.1) is 0 Å². The minimum atomic E-state index is 0. The zero-order chi connectivity index (χ0) is 0. The van der Waals surface area contributed by atoms with E-state index in [9.17, 15) is 0 Å². The van der Waals surface area contributed by atoms with Crippen LogP contribution in [-0.4, -0.2) is 24.3 Å². The first-order chi connectivity index (χ1) is 0. The van der Waals surface area contributed by atoms with Crippen molar-refractivity contribution >= 4 is 18.9 Å². The molecule has 4 heteroatoms. The molecule has 0 rings (SSSR count). The smallest absolute Gasteiger partial charge is 0 e. The summed E-state index contributed by atoms with van der Waals surface area (Å²) in [7, 11) is 0. The van der Waals surface area contributed by atoms with E-state index >= 15 is 0 Å². The number of rotatable bonds is 0. The Hall–Kier alpha value is 1.56. The summed E-state index contributed by atoms with van der Waals surface area (Å²) in [6.07, 6.45) is 0. The van der Waals surface area contributed by atoms with Gasteiger partial charge in [0, 0.05) is 33.3 Å². The fraction of sp³-hybridized carbons (Fsp3) is 0. The molecule has 0 bridgehead atoms. The largest absolute Gasteiger partial charge is 0 e. The van der Waals surface area contributed by atoms with Crippen LogP contribution in [0.1, 0.15) is 0 Å². The average molecular weight is 144 g/mol. The Balaban J connectivity index is 0. The molecule has 0 aromatic heterocycles. The van der Waals surface area contributed by atoms with Crippen LogP contribution in [0.2, 0.25) is 0 Å². The van der Waals surface area contributed by atoms with Crippen LogP contribution in [0.15, 0.2) is 0 Å². The van der Waals surface area contributed by atoms with Crippen molar-refractivity contribution < 1.29 is 38.7 Å². The summed E-state index contributed by atoms with van der Waals surface area (Å²) in [6.45, 7) is 0. The van der Waals surface area contributed by atoms with Crippen LogP contribution in [0.4, 0.5) is 0 Å². The van der Waals surface area contributed by atoms with Gasteiger partial charge in [0.05, 0.1) is 0 Å². The van der Waals surface area contributed by atoms with E-state index in [2.05, 4.69) is 0 Å². The molecule has 2 N–H and O–H groups in total. The van der Waals surface area contributed by atoms with Crippen molar-refractivity contribution in [1.29, 1.82) is 0 Å². The molecule has 0 aromatic rings. The maximum atomic E-state index is 0. The third-order valence-corrected chi connectivity index (χ3v) is 0. The van der Waals surface area contributed by atoms with Gasteiger partial charge >= 0.3 is 18.9 Å². The van der Waals surface area contributed by atoms with Crippen LogP contribution in [-0.2, 0) is 33.3 Å². The van der Waals surface area contributed by atoms with Crippen LogP contribution in [0, 0.1) is 0 Å². The molecule has 0 aliphatic carbocycles. The molecular weight excluding hydrogens is 141 g/mol. The first kappa shape index (κ1) is 47.6. The van der Waals surface area contributed by atoms with E-state index in [0.717, 1.165) is 0 Å². The topological polar surface area (TPSA) is 31.5 Å². The molecule has 0 saturated heterocycles. The van der Waals surface area contributed by atoms with Crippen LogP contribution in [0.3, 0.4) is 0 Å². The van der Waals surface area contributed by atoms with Gasteiger partial charge < -0.3 is 5.48 Å². The molecule has 0 atom stereocenters. The Morgan fingerprint density at radius 2 is 1.00 bits per heavy atom. The minimum absolute atomic E-state index is 0. The quantitative estimate of drug-likeness (QED) is 0.371. The fourth-order valence-corrected chi connectivity index (χ4v) is 0. The van der Waals surface area contributed by atoms with E-state index in [4.69, 9.17) is 0 Å². The Kier molecular flexibility index (Phi) is 283. The van der Waals surface area contributed by atoms with E-state index in [0.29, 0.717) is 0 Å². The van der Waals surface area contributed by atoms with Gasteiger partial charge in [-0.2, -0.15) is 0 Å². The summed E-state index contributed by atoms with van der Waals surface area (Å²) in [5.74, 6) is 0. The summed E-state index contributed by atoms with van der Waals surface area (Å²) in [4.78, 5) is 0. The SMILES string of the molecule is O.[Co].[LiH].[Ni]. The maximum absolute atomic E-state index is 0. The van der Waals surface area contributed by atoms with E-state index in [1.807, 2.05) is 0 Å². The Morgan fingerprint density at radius 1 is 1.00 bits per heavy atom. The predicted octanol–water partition coefficient (Wildman–Crippen LogP) is -1.48. The monoisotopic (exact) mass is 143 g/mol. The average Bonchev–Trinajstić information content (AvgIpc) is 0. The summed E-state index contributed by atoms with van der Waals surface area (Å²) in [5, 5.41) is 0. The molecule has 0 heterocycles. The molecule has 0 aliphatic rings. The normalized spacial score (nSPS) is 0. The summed E-state index contributed by atoms with van der Waals surface area (Å²) >= 11 is 0. The van der Waals surface area contributed by atoms with Crippen molar-refractivity contribution in [2.75, 3.05) is 0 Å². The van der Waals surface area contributed by atoms with Gasteiger partial charge in [-0.25, -0.2) is 0 Å². The molecule has 0 saturated carbocycles. The molecule has 29 valence electrons. The van der Waals surface area contributed by atoms with E-state index in [-0.39, 0.29) is 57.6 Å². The van der Waals surface area contributed by atoms with Gasteiger partial charge in [-0.1, -0.05) is 0 Å². The van der Waals surface area contributed by atoms with Crippen molar-refractivity contribution in [3.05, 3.63) is 0 Å². The third-order valence-electron chi connectivity index (χ3n) is 0. The molecule has 0 aromatic carbocycles. The van der Waals surface area contributed by atoms with Gasteiger partial charge in [-0.05, 0) is 0 Å². The molecule has 1 radical (unpaired) electrons. The van der Waals surface area contributed by atoms with Crippen molar-refractivity contribution in [3.63, 3.8) is 0 Å². The molecular formula is H3CoLiNiO. The van der Waals surface area contributed by atoms with E-state index < -0.39 is 0 Å². The summed E-state index contributed by atoms with van der Waals surface area (Å²) < 4.78 is 0. The first-order valence-corrected chi connectivity index (χ1v) is 0. The molecule has 0 spiro atoms. The summed E-state index contributed by atoms with van der Waals surface area (Å²) in [6, 6.07) is 0. The second-order valence-electron chi connectivity index (χ2n) is 0. The Morgan fingerprint density at radius 3 is 1.00 bits per heavy atom. The third kappa shape index (κ3) is 9.59. The van der Waals surface area contributed by atoms with Gasteiger partial charge in [0.1, 0.15) is 0 Å². The van der Waals surface area contributed by atoms with Crippen LogP contribution in [0.25, 0.3) is 0 Å². The molecule has 0 unspecified atom stereocenters. The van der Waals surface area contributed by atoms with Gasteiger partial charge in [0.2, 0.25) is 0 Å². The molecule has 0 aliphatic heterocycles. The van der Waals surface area contributed by atoms with E-state index in [1.54, 1.807) is 0 Å².